The Kier molecular flexibility index (Phi) is 5.94. The van der Waals surface area contributed by atoms with Crippen molar-refractivity contribution in [2.45, 2.75) is 12.8 Å². The highest BCUT2D eigenvalue weighted by Gasteiger charge is 2.31. The van der Waals surface area contributed by atoms with Gasteiger partial charge >= 0.3 is 0 Å². The van der Waals surface area contributed by atoms with Gasteiger partial charge in [-0.2, -0.15) is 0 Å². The molecule has 1 aliphatic heterocycles. The van der Waals surface area contributed by atoms with Crippen LogP contribution >= 0.6 is 11.3 Å². The maximum atomic E-state index is 14.0. The van der Waals surface area contributed by atoms with E-state index in [1.54, 1.807) is 16.5 Å². The molecule has 0 fully saturated rings. The van der Waals surface area contributed by atoms with E-state index in [1.165, 1.54) is 23.5 Å². The lowest BCUT2D eigenvalue weighted by atomic mass is 9.81. The lowest BCUT2D eigenvalue weighted by Crippen LogP contribution is -2.24. The molecule has 0 unspecified atom stereocenters. The summed E-state index contributed by atoms with van der Waals surface area (Å²) in [5.74, 6) is 1.51. The van der Waals surface area contributed by atoms with Crippen molar-refractivity contribution in [2.75, 3.05) is 6.61 Å². The Balaban J connectivity index is 1.51. The fourth-order valence-electron chi connectivity index (χ4n) is 5.29. The summed E-state index contributed by atoms with van der Waals surface area (Å²) in [6, 6.07) is 29.7. The van der Waals surface area contributed by atoms with Crippen LogP contribution in [0.25, 0.3) is 27.8 Å². The van der Waals surface area contributed by atoms with Gasteiger partial charge in [-0.15, -0.1) is 0 Å². The molecule has 5 nitrogen and oxygen atoms in total. The van der Waals surface area contributed by atoms with Crippen LogP contribution in [0.1, 0.15) is 29.5 Å². The van der Waals surface area contributed by atoms with Crippen molar-refractivity contribution >= 4 is 39.2 Å². The Hall–Kier alpha value is -4.75. The normalized spacial score (nSPS) is 15.4. The number of fused-ring (bicyclic) bond motifs is 4. The maximum absolute atomic E-state index is 14.0. The quantitative estimate of drug-likeness (QED) is 0.245. The lowest BCUT2D eigenvalue weighted by molar-refractivity contribution is 0.340. The summed E-state index contributed by atoms with van der Waals surface area (Å²) in [6.45, 7) is 2.51. The zero-order valence-corrected chi connectivity index (χ0v) is 22.3. The molecule has 7 heteroatoms. The average molecular weight is 547 g/mol. The van der Waals surface area contributed by atoms with Crippen LogP contribution in [-0.2, 0) is 0 Å². The second-order valence-electron chi connectivity index (χ2n) is 9.50. The molecule has 0 spiro atoms. The van der Waals surface area contributed by atoms with E-state index in [0.29, 0.717) is 27.6 Å². The molecular weight excluding hydrogens is 523 g/mol. The molecule has 0 saturated carbocycles. The molecule has 3 heterocycles. The van der Waals surface area contributed by atoms with E-state index in [9.17, 15) is 9.18 Å². The first-order chi connectivity index (χ1) is 19.6. The van der Waals surface area contributed by atoms with E-state index in [2.05, 4.69) is 4.98 Å². The van der Waals surface area contributed by atoms with Gasteiger partial charge in [-0.1, -0.05) is 53.8 Å². The van der Waals surface area contributed by atoms with E-state index in [4.69, 9.17) is 9.47 Å². The maximum Gasteiger partial charge on any atom is 0.274 e. The SMILES string of the molecule is CCOc1ccc(C2=C(/C=c3\sc4nc5ccccc5n4c3=O)[C@@H](c3ccc(F)cc3)c3ccccc3O2)cc1. The molecule has 1 atom stereocenters. The highest BCUT2D eigenvalue weighted by atomic mass is 32.1. The molecule has 4 aromatic carbocycles. The Morgan fingerprint density at radius 3 is 2.52 bits per heavy atom. The number of rotatable bonds is 5. The Labute approximate surface area is 233 Å². The van der Waals surface area contributed by atoms with E-state index in [1.807, 2.05) is 85.8 Å². The van der Waals surface area contributed by atoms with Gasteiger partial charge in [-0.05, 0) is 73.2 Å². The summed E-state index contributed by atoms with van der Waals surface area (Å²) in [6.07, 6.45) is 1.91. The van der Waals surface area contributed by atoms with Crippen LogP contribution in [0.2, 0.25) is 0 Å². The van der Waals surface area contributed by atoms with Crippen LogP contribution in [0.4, 0.5) is 4.39 Å². The predicted molar refractivity (Wildman–Crippen MR) is 156 cm³/mol. The van der Waals surface area contributed by atoms with Crippen molar-refractivity contribution in [3.63, 3.8) is 0 Å². The van der Waals surface area contributed by atoms with E-state index in [-0.39, 0.29) is 17.3 Å². The summed E-state index contributed by atoms with van der Waals surface area (Å²) >= 11 is 1.34. The van der Waals surface area contributed by atoms with Gasteiger partial charge in [0.2, 0.25) is 0 Å². The number of hydrogen-bond donors (Lipinski definition) is 0. The first-order valence-electron chi connectivity index (χ1n) is 13.0. The van der Waals surface area contributed by atoms with Crippen LogP contribution in [0, 0.1) is 5.82 Å². The molecule has 0 aliphatic carbocycles. The van der Waals surface area contributed by atoms with Crippen molar-refractivity contribution in [1.29, 1.82) is 0 Å². The fourth-order valence-corrected chi connectivity index (χ4v) is 6.27. The van der Waals surface area contributed by atoms with Crippen LogP contribution < -0.4 is 19.6 Å². The Morgan fingerprint density at radius 1 is 0.975 bits per heavy atom. The molecule has 0 amide bonds. The number of hydrogen-bond acceptors (Lipinski definition) is 5. The zero-order chi connectivity index (χ0) is 27.2. The molecule has 6 aromatic rings. The monoisotopic (exact) mass is 546 g/mol. The lowest BCUT2D eigenvalue weighted by Gasteiger charge is -2.30. The summed E-state index contributed by atoms with van der Waals surface area (Å²) in [4.78, 5) is 19.1. The third-order valence-corrected chi connectivity index (χ3v) is 8.05. The van der Waals surface area contributed by atoms with Gasteiger partial charge < -0.3 is 9.47 Å². The molecular formula is C33H23FN2O3S. The number of thiazole rings is 1. The smallest absolute Gasteiger partial charge is 0.274 e. The van der Waals surface area contributed by atoms with Crippen molar-refractivity contribution in [3.05, 3.63) is 140 Å². The summed E-state index contributed by atoms with van der Waals surface area (Å²) in [7, 11) is 0. The van der Waals surface area contributed by atoms with Gasteiger partial charge in [0.25, 0.3) is 5.56 Å². The molecule has 40 heavy (non-hydrogen) atoms. The largest absolute Gasteiger partial charge is 0.494 e. The van der Waals surface area contributed by atoms with Gasteiger partial charge in [0.05, 0.1) is 22.2 Å². The topological polar surface area (TPSA) is 52.8 Å². The van der Waals surface area contributed by atoms with E-state index < -0.39 is 0 Å². The van der Waals surface area contributed by atoms with E-state index >= 15 is 0 Å². The molecule has 0 bridgehead atoms. The molecule has 0 N–H and O–H groups in total. The zero-order valence-electron chi connectivity index (χ0n) is 21.5. The van der Waals surface area contributed by atoms with Crippen LogP contribution in [0.3, 0.4) is 0 Å². The summed E-state index contributed by atoms with van der Waals surface area (Å²) < 4.78 is 28.4. The molecule has 0 radical (unpaired) electrons. The van der Waals surface area contributed by atoms with Gasteiger partial charge in [0.15, 0.2) is 4.96 Å². The Morgan fingerprint density at radius 2 is 1.73 bits per heavy atom. The van der Waals surface area contributed by atoms with E-state index in [0.717, 1.165) is 39.0 Å². The molecule has 7 rings (SSSR count). The van der Waals surface area contributed by atoms with Gasteiger partial charge in [0.1, 0.15) is 23.1 Å². The van der Waals surface area contributed by atoms with Crippen molar-refractivity contribution in [1.82, 2.24) is 9.38 Å². The minimum Gasteiger partial charge on any atom is -0.494 e. The van der Waals surface area contributed by atoms with Crippen LogP contribution in [0.15, 0.2) is 107 Å². The number of ether oxygens (including phenoxy) is 2. The Bertz CT molecular complexity index is 2030. The number of nitrogens with zero attached hydrogens (tertiary/aromatic N) is 2. The number of imidazole rings is 1. The molecule has 196 valence electrons. The first kappa shape index (κ1) is 24.3. The predicted octanol–water partition coefficient (Wildman–Crippen LogP) is 6.58. The van der Waals surface area contributed by atoms with Gasteiger partial charge in [-0.25, -0.2) is 13.8 Å². The van der Waals surface area contributed by atoms with Gasteiger partial charge in [-0.3, -0.25) is 4.79 Å². The summed E-state index contributed by atoms with van der Waals surface area (Å²) in [5.41, 5.74) is 4.91. The minimum absolute atomic E-state index is 0.135. The van der Waals surface area contributed by atoms with Crippen LogP contribution in [0.5, 0.6) is 11.5 Å². The number of benzene rings is 4. The van der Waals surface area contributed by atoms with Crippen molar-refractivity contribution in [3.8, 4) is 11.5 Å². The van der Waals surface area contributed by atoms with Gasteiger partial charge in [0, 0.05) is 22.6 Å². The molecule has 1 aliphatic rings. The third kappa shape index (κ3) is 4.06. The third-order valence-electron chi connectivity index (χ3n) is 7.08. The first-order valence-corrected chi connectivity index (χ1v) is 13.8. The summed E-state index contributed by atoms with van der Waals surface area (Å²) in [5, 5.41) is 0. The fraction of sp³-hybridized carbons (Fsp3) is 0.0909. The molecule has 0 saturated heterocycles. The number of allylic oxidation sites excluding steroid dienone is 1. The number of halogens is 1. The van der Waals surface area contributed by atoms with Crippen molar-refractivity contribution in [2.24, 2.45) is 0 Å². The minimum atomic E-state index is -0.307. The standard InChI is InChI=1S/C33H23FN2O3S/c1-2-38-23-17-13-21(14-18-23)31-25(19-29-32(37)36-27-9-5-4-8-26(27)35-33(36)40-29)30(20-11-15-22(34)16-12-20)24-7-3-6-10-28(24)39-31/h3-19,30H,2H2,1H3/b29-19-/t30-/m0/s1. The molecule has 2 aromatic heterocycles. The van der Waals surface area contributed by atoms with Crippen LogP contribution in [-0.4, -0.2) is 16.0 Å². The highest BCUT2D eigenvalue weighted by molar-refractivity contribution is 7.15. The van der Waals surface area contributed by atoms with Crippen molar-refractivity contribution < 1.29 is 13.9 Å². The second kappa shape index (κ2) is 9.77. The number of para-hydroxylation sites is 3. The second-order valence-corrected chi connectivity index (χ2v) is 10.5. The average Bonchev–Trinajstić information content (AvgIpc) is 3.49. The number of aromatic nitrogens is 2. The highest BCUT2D eigenvalue weighted by Crippen LogP contribution is 2.46.